The Bertz CT molecular complexity index is 381. The summed E-state index contributed by atoms with van der Waals surface area (Å²) in [5.41, 5.74) is 0. The van der Waals surface area contributed by atoms with Crippen LogP contribution in [0.25, 0.3) is 0 Å². The van der Waals surface area contributed by atoms with E-state index in [0.29, 0.717) is 11.7 Å². The van der Waals surface area contributed by atoms with Crippen LogP contribution in [0.5, 0.6) is 0 Å². The van der Waals surface area contributed by atoms with Crippen LogP contribution in [0, 0.1) is 0 Å². The van der Waals surface area contributed by atoms with Crippen molar-refractivity contribution in [1.29, 1.82) is 0 Å². The van der Waals surface area contributed by atoms with Gasteiger partial charge in [0.25, 0.3) is 0 Å². The first-order valence-electron chi connectivity index (χ1n) is 6.09. The van der Waals surface area contributed by atoms with E-state index in [9.17, 15) is 4.79 Å². The van der Waals surface area contributed by atoms with Crippen molar-refractivity contribution in [3.8, 4) is 0 Å². The van der Waals surface area contributed by atoms with E-state index in [-0.39, 0.29) is 18.7 Å². The van der Waals surface area contributed by atoms with Gasteiger partial charge in [-0.25, -0.2) is 4.79 Å². The van der Waals surface area contributed by atoms with Gasteiger partial charge in [0, 0.05) is 19.0 Å². The molecule has 0 aliphatic carbocycles. The highest BCUT2D eigenvalue weighted by atomic mass is 32.1. The predicted octanol–water partition coefficient (Wildman–Crippen LogP) is 1.73. The van der Waals surface area contributed by atoms with Crippen LogP contribution < -0.4 is 5.32 Å². The van der Waals surface area contributed by atoms with Crippen molar-refractivity contribution in [1.82, 2.24) is 15.1 Å². The van der Waals surface area contributed by atoms with Gasteiger partial charge < -0.3 is 10.0 Å². The highest BCUT2D eigenvalue weighted by Crippen LogP contribution is 2.17. The molecule has 0 aliphatic heterocycles. The second-order valence-corrected chi connectivity index (χ2v) is 5.25. The first-order valence-corrected chi connectivity index (χ1v) is 6.91. The number of hydrogen-bond acceptors (Lipinski definition) is 5. The summed E-state index contributed by atoms with van der Waals surface area (Å²) in [5, 5.41) is 21.0. The van der Waals surface area contributed by atoms with Crippen LogP contribution >= 0.6 is 11.3 Å². The number of nitrogens with one attached hydrogen (secondary N) is 1. The molecule has 2 amide bonds. The minimum Gasteiger partial charge on any atom is -0.395 e. The smallest absolute Gasteiger partial charge is 0.324 e. The number of aliphatic hydroxyl groups excluding tert-OH is 1. The third-order valence-corrected chi connectivity index (χ3v) is 3.27. The van der Waals surface area contributed by atoms with Crippen molar-refractivity contribution in [3.63, 3.8) is 0 Å². The monoisotopic (exact) mass is 272 g/mol. The van der Waals surface area contributed by atoms with E-state index >= 15 is 0 Å². The normalized spacial score (nSPS) is 10.7. The fourth-order valence-corrected chi connectivity index (χ4v) is 2.32. The van der Waals surface area contributed by atoms with Crippen LogP contribution in [0.3, 0.4) is 0 Å². The number of nitrogens with zero attached hydrogens (tertiary/aromatic N) is 3. The molecule has 102 valence electrons. The zero-order chi connectivity index (χ0) is 13.5. The van der Waals surface area contributed by atoms with Crippen molar-refractivity contribution in [3.05, 3.63) is 5.01 Å². The minimum atomic E-state index is -0.252. The van der Waals surface area contributed by atoms with Gasteiger partial charge in [-0.1, -0.05) is 18.3 Å². The number of aryl methyl sites for hydroxylation is 1. The second-order valence-electron chi connectivity index (χ2n) is 4.19. The molecule has 0 aliphatic rings. The summed E-state index contributed by atoms with van der Waals surface area (Å²) < 4.78 is 0. The molecular weight excluding hydrogens is 252 g/mol. The van der Waals surface area contributed by atoms with Crippen molar-refractivity contribution in [2.45, 2.75) is 39.7 Å². The third kappa shape index (κ3) is 4.23. The van der Waals surface area contributed by atoms with E-state index in [2.05, 4.69) is 22.4 Å². The maximum atomic E-state index is 12.0. The van der Waals surface area contributed by atoms with Crippen LogP contribution in [-0.4, -0.2) is 45.4 Å². The number of amides is 2. The van der Waals surface area contributed by atoms with Crippen molar-refractivity contribution >= 4 is 22.5 Å². The average Bonchev–Trinajstić information content (AvgIpc) is 2.73. The molecule has 0 saturated heterocycles. The molecule has 18 heavy (non-hydrogen) atoms. The van der Waals surface area contributed by atoms with Gasteiger partial charge in [0.1, 0.15) is 5.01 Å². The van der Waals surface area contributed by atoms with E-state index in [1.54, 1.807) is 4.90 Å². The van der Waals surface area contributed by atoms with E-state index in [0.717, 1.165) is 17.8 Å². The standard InChI is InChI=1S/C11H20N4O2S/c1-4-5-9-13-14-10(18-9)12-11(17)15(6-7-16)8(2)3/h8,16H,4-7H2,1-3H3,(H,12,14,17). The van der Waals surface area contributed by atoms with E-state index in [1.807, 2.05) is 13.8 Å². The molecule has 0 bridgehead atoms. The van der Waals surface area contributed by atoms with Gasteiger partial charge in [0.15, 0.2) is 0 Å². The Balaban J connectivity index is 2.61. The molecule has 0 aromatic carbocycles. The summed E-state index contributed by atoms with van der Waals surface area (Å²) in [7, 11) is 0. The number of carbonyl (C=O) groups is 1. The number of carbonyl (C=O) groups excluding carboxylic acids is 1. The van der Waals surface area contributed by atoms with Gasteiger partial charge in [0.05, 0.1) is 6.61 Å². The van der Waals surface area contributed by atoms with Crippen molar-refractivity contribution in [2.24, 2.45) is 0 Å². The van der Waals surface area contributed by atoms with Crippen LogP contribution in [0.2, 0.25) is 0 Å². The molecule has 7 heteroatoms. The number of hydrogen-bond donors (Lipinski definition) is 2. The number of rotatable bonds is 6. The van der Waals surface area contributed by atoms with Gasteiger partial charge >= 0.3 is 6.03 Å². The molecular formula is C11H20N4O2S. The fraction of sp³-hybridized carbons (Fsp3) is 0.727. The minimum absolute atomic E-state index is 0.0279. The second kappa shape index (κ2) is 7.27. The third-order valence-electron chi connectivity index (χ3n) is 2.37. The topological polar surface area (TPSA) is 78.4 Å². The molecule has 6 nitrogen and oxygen atoms in total. The fourth-order valence-electron chi connectivity index (χ4n) is 1.48. The van der Waals surface area contributed by atoms with Gasteiger partial charge in [-0.2, -0.15) is 0 Å². The first-order chi connectivity index (χ1) is 8.58. The molecule has 2 N–H and O–H groups in total. The number of aromatic nitrogens is 2. The first kappa shape index (κ1) is 14.8. The Kier molecular flexibility index (Phi) is 6.00. The van der Waals surface area contributed by atoms with Crippen LogP contribution in [0.1, 0.15) is 32.2 Å². The quantitative estimate of drug-likeness (QED) is 0.826. The lowest BCUT2D eigenvalue weighted by atomic mass is 10.3. The molecule has 1 heterocycles. The average molecular weight is 272 g/mol. The van der Waals surface area contributed by atoms with Gasteiger partial charge in [-0.05, 0) is 20.3 Å². The largest absolute Gasteiger partial charge is 0.395 e. The number of anilines is 1. The molecule has 1 rings (SSSR count). The van der Waals surface area contributed by atoms with Crippen LogP contribution in [0.15, 0.2) is 0 Å². The van der Waals surface area contributed by atoms with Crippen LogP contribution in [0.4, 0.5) is 9.93 Å². The molecule has 0 saturated carbocycles. The van der Waals surface area contributed by atoms with Crippen molar-refractivity contribution < 1.29 is 9.90 Å². The summed E-state index contributed by atoms with van der Waals surface area (Å²) in [4.78, 5) is 13.5. The maximum absolute atomic E-state index is 12.0. The molecule has 0 atom stereocenters. The summed E-state index contributed by atoms with van der Waals surface area (Å²) >= 11 is 1.39. The zero-order valence-corrected chi connectivity index (χ0v) is 11.8. The molecule has 1 aromatic heterocycles. The lowest BCUT2D eigenvalue weighted by Gasteiger charge is -2.25. The molecule has 0 radical (unpaired) electrons. The summed E-state index contributed by atoms with van der Waals surface area (Å²) in [6.45, 7) is 6.13. The molecule has 0 unspecified atom stereocenters. The van der Waals surface area contributed by atoms with Crippen LogP contribution in [-0.2, 0) is 6.42 Å². The van der Waals surface area contributed by atoms with E-state index in [4.69, 9.17) is 5.11 Å². The molecule has 0 fully saturated rings. The Morgan fingerprint density at radius 2 is 2.22 bits per heavy atom. The number of aliphatic hydroxyl groups is 1. The Labute approximate surface area is 111 Å². The highest BCUT2D eigenvalue weighted by molar-refractivity contribution is 7.15. The Morgan fingerprint density at radius 1 is 1.50 bits per heavy atom. The highest BCUT2D eigenvalue weighted by Gasteiger charge is 2.17. The van der Waals surface area contributed by atoms with Gasteiger partial charge in [-0.15, -0.1) is 10.2 Å². The molecule has 0 spiro atoms. The predicted molar refractivity (Wildman–Crippen MR) is 71.9 cm³/mol. The van der Waals surface area contributed by atoms with Gasteiger partial charge in [-0.3, -0.25) is 5.32 Å². The Morgan fingerprint density at radius 3 is 2.78 bits per heavy atom. The lowest BCUT2D eigenvalue weighted by Crippen LogP contribution is -2.41. The Hall–Kier alpha value is -1.21. The van der Waals surface area contributed by atoms with Crippen molar-refractivity contribution in [2.75, 3.05) is 18.5 Å². The van der Waals surface area contributed by atoms with E-state index in [1.165, 1.54) is 11.3 Å². The summed E-state index contributed by atoms with van der Waals surface area (Å²) in [6, 6.07) is -0.224. The van der Waals surface area contributed by atoms with E-state index < -0.39 is 0 Å². The zero-order valence-electron chi connectivity index (χ0n) is 11.0. The number of urea groups is 1. The SMILES string of the molecule is CCCc1nnc(NC(=O)N(CCO)C(C)C)s1. The lowest BCUT2D eigenvalue weighted by molar-refractivity contribution is 0.172. The summed E-state index contributed by atoms with van der Waals surface area (Å²) in [5.74, 6) is 0. The van der Waals surface area contributed by atoms with Gasteiger partial charge in [0.2, 0.25) is 5.13 Å². The summed E-state index contributed by atoms with van der Waals surface area (Å²) in [6.07, 6.45) is 1.88. The maximum Gasteiger partial charge on any atom is 0.324 e. The molecule has 1 aromatic rings.